The van der Waals surface area contributed by atoms with Gasteiger partial charge in [0, 0.05) is 0 Å². The normalized spacial score (nSPS) is 12.0. The number of carbonyl (C=O) groups is 1. The number of allylic oxidation sites excluding steroid dienone is 1. The zero-order valence-corrected chi connectivity index (χ0v) is 7.79. The lowest BCUT2D eigenvalue weighted by Crippen LogP contribution is -2.26. The largest absolute Gasteiger partial charge is 0.454 e. The molecule has 0 aromatic carbocycles. The maximum absolute atomic E-state index is 10.6. The van der Waals surface area contributed by atoms with E-state index in [0.717, 1.165) is 6.42 Å². The standard InChI is InChI=1S/C9H15O3/c1-4-5-6-9(2,3)12-8(11)7-10/h5-6H,4,7H2,1-3H3. The van der Waals surface area contributed by atoms with Gasteiger partial charge in [0.25, 0.3) is 0 Å². The highest BCUT2D eigenvalue weighted by Gasteiger charge is 2.18. The molecule has 0 N–H and O–H groups in total. The summed E-state index contributed by atoms with van der Waals surface area (Å²) in [4.78, 5) is 10.6. The second-order valence-corrected chi connectivity index (χ2v) is 3.03. The van der Waals surface area contributed by atoms with Gasteiger partial charge < -0.3 is 4.74 Å². The topological polar surface area (TPSA) is 46.2 Å². The molecule has 0 bridgehead atoms. The average molecular weight is 171 g/mol. The molecule has 1 radical (unpaired) electrons. The summed E-state index contributed by atoms with van der Waals surface area (Å²) in [5.74, 6) is -0.708. The number of rotatable bonds is 4. The predicted molar refractivity (Wildman–Crippen MR) is 45.2 cm³/mol. The van der Waals surface area contributed by atoms with Crippen LogP contribution in [0.4, 0.5) is 0 Å². The maximum Gasteiger partial charge on any atom is 0.336 e. The molecular weight excluding hydrogens is 156 g/mol. The third-order valence-electron chi connectivity index (χ3n) is 1.25. The number of esters is 1. The van der Waals surface area contributed by atoms with Crippen molar-refractivity contribution >= 4 is 5.97 Å². The highest BCUT2D eigenvalue weighted by molar-refractivity contribution is 5.71. The van der Waals surface area contributed by atoms with E-state index in [2.05, 4.69) is 0 Å². The van der Waals surface area contributed by atoms with E-state index >= 15 is 0 Å². The molecule has 69 valence electrons. The van der Waals surface area contributed by atoms with Crippen molar-refractivity contribution in [3.63, 3.8) is 0 Å². The van der Waals surface area contributed by atoms with Gasteiger partial charge in [-0.15, -0.1) is 0 Å². The Labute approximate surface area is 73.0 Å². The molecule has 3 nitrogen and oxygen atoms in total. The van der Waals surface area contributed by atoms with Crippen LogP contribution in [0.3, 0.4) is 0 Å². The van der Waals surface area contributed by atoms with E-state index in [1.165, 1.54) is 0 Å². The first kappa shape index (κ1) is 11.2. The molecule has 0 aromatic heterocycles. The minimum Gasteiger partial charge on any atom is -0.454 e. The smallest absolute Gasteiger partial charge is 0.336 e. The van der Waals surface area contributed by atoms with Gasteiger partial charge in [0.2, 0.25) is 0 Å². The van der Waals surface area contributed by atoms with Gasteiger partial charge in [-0.05, 0) is 26.3 Å². The molecule has 0 aliphatic rings. The van der Waals surface area contributed by atoms with Crippen LogP contribution in [0.2, 0.25) is 0 Å². The lowest BCUT2D eigenvalue weighted by Gasteiger charge is -2.20. The van der Waals surface area contributed by atoms with Crippen LogP contribution < -0.4 is 0 Å². The van der Waals surface area contributed by atoms with Crippen LogP contribution in [0, 0.1) is 0 Å². The predicted octanol–water partition coefficient (Wildman–Crippen LogP) is 1.70. The molecule has 3 heteroatoms. The Morgan fingerprint density at radius 3 is 2.50 bits per heavy atom. The Bertz CT molecular complexity index is 171. The summed E-state index contributed by atoms with van der Waals surface area (Å²) in [6, 6.07) is 0. The van der Waals surface area contributed by atoms with Crippen LogP contribution >= 0.6 is 0 Å². The lowest BCUT2D eigenvalue weighted by atomic mass is 10.1. The van der Waals surface area contributed by atoms with E-state index in [1.54, 1.807) is 19.9 Å². The van der Waals surface area contributed by atoms with Crippen LogP contribution in [0.5, 0.6) is 0 Å². The van der Waals surface area contributed by atoms with E-state index in [9.17, 15) is 9.90 Å². The first-order chi connectivity index (χ1) is 5.52. The van der Waals surface area contributed by atoms with Crippen molar-refractivity contribution in [2.75, 3.05) is 6.61 Å². The molecule has 0 saturated carbocycles. The minimum absolute atomic E-state index is 0.655. The second kappa shape index (κ2) is 4.93. The lowest BCUT2D eigenvalue weighted by molar-refractivity contribution is -0.157. The molecule has 0 amide bonds. The van der Waals surface area contributed by atoms with Gasteiger partial charge in [0.1, 0.15) is 5.60 Å². The van der Waals surface area contributed by atoms with Crippen molar-refractivity contribution in [3.8, 4) is 0 Å². The second-order valence-electron chi connectivity index (χ2n) is 3.03. The molecule has 0 saturated heterocycles. The molecule has 0 spiro atoms. The van der Waals surface area contributed by atoms with Gasteiger partial charge in [-0.3, -0.25) is 0 Å². The summed E-state index contributed by atoms with van der Waals surface area (Å²) in [7, 11) is 0. The minimum atomic E-state index is -0.816. The van der Waals surface area contributed by atoms with Crippen molar-refractivity contribution in [1.82, 2.24) is 0 Å². The quantitative estimate of drug-likeness (QED) is 0.477. The highest BCUT2D eigenvalue weighted by atomic mass is 16.6. The van der Waals surface area contributed by atoms with E-state index < -0.39 is 18.2 Å². The van der Waals surface area contributed by atoms with E-state index in [0.29, 0.717) is 0 Å². The Morgan fingerprint density at radius 1 is 1.50 bits per heavy atom. The van der Waals surface area contributed by atoms with Crippen molar-refractivity contribution in [3.05, 3.63) is 12.2 Å². The van der Waals surface area contributed by atoms with E-state index in [-0.39, 0.29) is 0 Å². The van der Waals surface area contributed by atoms with Crippen molar-refractivity contribution < 1.29 is 14.6 Å². The fraction of sp³-hybridized carbons (Fsp3) is 0.667. The fourth-order valence-corrected chi connectivity index (χ4v) is 0.759. The molecular formula is C9H15O3. The van der Waals surface area contributed by atoms with Gasteiger partial charge in [-0.25, -0.2) is 9.90 Å². The van der Waals surface area contributed by atoms with E-state index in [1.807, 2.05) is 13.0 Å². The number of hydrogen-bond acceptors (Lipinski definition) is 2. The summed E-state index contributed by atoms with van der Waals surface area (Å²) in [6.45, 7) is 4.66. The summed E-state index contributed by atoms with van der Waals surface area (Å²) in [6.07, 6.45) is 4.57. The Kier molecular flexibility index (Phi) is 4.59. The van der Waals surface area contributed by atoms with Gasteiger partial charge in [-0.2, -0.15) is 0 Å². The molecule has 0 unspecified atom stereocenters. The molecule has 0 aromatic rings. The van der Waals surface area contributed by atoms with Crippen molar-refractivity contribution in [1.29, 1.82) is 0 Å². The molecule has 12 heavy (non-hydrogen) atoms. The number of ether oxygens (including phenoxy) is 1. The first-order valence-corrected chi connectivity index (χ1v) is 3.99. The number of carbonyl (C=O) groups excluding carboxylic acids is 1. The van der Waals surface area contributed by atoms with Gasteiger partial charge in [0.15, 0.2) is 6.61 Å². The SMILES string of the molecule is CCC=CC(C)(C)OC(=O)C[O]. The maximum atomic E-state index is 10.6. The molecule has 0 aliphatic heterocycles. The zero-order valence-electron chi connectivity index (χ0n) is 7.79. The van der Waals surface area contributed by atoms with Gasteiger partial charge in [0.05, 0.1) is 0 Å². The van der Waals surface area contributed by atoms with Gasteiger partial charge in [-0.1, -0.05) is 13.0 Å². The van der Waals surface area contributed by atoms with Crippen LogP contribution in [0.25, 0.3) is 0 Å². The fourth-order valence-electron chi connectivity index (χ4n) is 0.759. The van der Waals surface area contributed by atoms with Crippen molar-refractivity contribution in [2.45, 2.75) is 32.8 Å². The third kappa shape index (κ3) is 4.91. The molecule has 0 heterocycles. The summed E-state index contributed by atoms with van der Waals surface area (Å²) >= 11 is 0. The van der Waals surface area contributed by atoms with Gasteiger partial charge >= 0.3 is 5.97 Å². The van der Waals surface area contributed by atoms with Crippen LogP contribution in [0.15, 0.2) is 12.2 Å². The van der Waals surface area contributed by atoms with Crippen LogP contribution in [0.1, 0.15) is 27.2 Å². The molecule has 0 atom stereocenters. The first-order valence-electron chi connectivity index (χ1n) is 3.99. The van der Waals surface area contributed by atoms with E-state index in [4.69, 9.17) is 4.74 Å². The Balaban J connectivity index is 4.03. The summed E-state index contributed by atoms with van der Waals surface area (Å²) < 4.78 is 4.85. The monoisotopic (exact) mass is 171 g/mol. The van der Waals surface area contributed by atoms with Crippen molar-refractivity contribution in [2.24, 2.45) is 0 Å². The van der Waals surface area contributed by atoms with Crippen LogP contribution in [-0.4, -0.2) is 18.2 Å². The Morgan fingerprint density at radius 2 is 2.08 bits per heavy atom. The Hall–Kier alpha value is -0.830. The average Bonchev–Trinajstić information content (AvgIpc) is 2.00. The molecule has 0 fully saturated rings. The summed E-state index contributed by atoms with van der Waals surface area (Å²) in [5, 5.41) is 10.1. The van der Waals surface area contributed by atoms with Crippen LogP contribution in [-0.2, 0) is 14.6 Å². The molecule has 0 aliphatic carbocycles. The number of hydrogen-bond donors (Lipinski definition) is 0. The molecule has 0 rings (SSSR count). The summed E-state index contributed by atoms with van der Waals surface area (Å²) in [5.41, 5.74) is -0.655. The zero-order chi connectivity index (χ0) is 9.61. The third-order valence-corrected chi connectivity index (χ3v) is 1.25. The highest BCUT2D eigenvalue weighted by Crippen LogP contribution is 2.11.